The molecule has 146 valence electrons. The second-order valence-electron chi connectivity index (χ2n) is 6.32. The minimum absolute atomic E-state index is 0.0340. The number of hydrazine groups is 1. The summed E-state index contributed by atoms with van der Waals surface area (Å²) in [7, 11) is 0. The molecule has 0 fully saturated rings. The molecule has 3 aromatic rings. The average Bonchev–Trinajstić information content (AvgIpc) is 2.97. The van der Waals surface area contributed by atoms with E-state index >= 15 is 0 Å². The van der Waals surface area contributed by atoms with Crippen LogP contribution in [0.4, 0.5) is 0 Å². The van der Waals surface area contributed by atoms with Crippen LogP contribution in [0.2, 0.25) is 0 Å². The van der Waals surface area contributed by atoms with Gasteiger partial charge >= 0.3 is 11.1 Å². The predicted octanol–water partition coefficient (Wildman–Crippen LogP) is -0.0158. The molecule has 28 heavy (non-hydrogen) atoms. The summed E-state index contributed by atoms with van der Waals surface area (Å²) in [5.74, 6) is -0.993. The molecule has 1 aromatic carbocycles. The van der Waals surface area contributed by atoms with Crippen molar-refractivity contribution in [1.82, 2.24) is 30.2 Å². The third kappa shape index (κ3) is 3.70. The number of aryl methyl sites for hydroxylation is 3. The van der Waals surface area contributed by atoms with Crippen molar-refractivity contribution in [2.24, 2.45) is 0 Å². The van der Waals surface area contributed by atoms with Crippen molar-refractivity contribution >= 4 is 22.8 Å². The number of aromatic nitrogens is 4. The van der Waals surface area contributed by atoms with Gasteiger partial charge in [0, 0.05) is 17.8 Å². The van der Waals surface area contributed by atoms with Gasteiger partial charge in [0.2, 0.25) is 0 Å². The molecule has 0 atom stereocenters. The number of nitrogens with one attached hydrogen (secondary N) is 3. The fourth-order valence-electron chi connectivity index (χ4n) is 2.94. The van der Waals surface area contributed by atoms with Crippen LogP contribution in [0.1, 0.15) is 28.7 Å². The number of carbonyl (C=O) groups excluding carboxylic acids is 2. The highest BCUT2D eigenvalue weighted by atomic mass is 16.2. The first-order valence-electron chi connectivity index (χ1n) is 8.67. The lowest BCUT2D eigenvalue weighted by molar-refractivity contribution is -0.122. The van der Waals surface area contributed by atoms with Crippen molar-refractivity contribution in [3.63, 3.8) is 0 Å². The third-order valence-corrected chi connectivity index (χ3v) is 4.27. The number of H-pyrrole nitrogens is 1. The molecule has 0 saturated heterocycles. The predicted molar refractivity (Wildman–Crippen MR) is 102 cm³/mol. The van der Waals surface area contributed by atoms with Crippen LogP contribution in [0.25, 0.3) is 11.0 Å². The molecule has 2 heterocycles. The number of carbonyl (C=O) groups is 2. The molecule has 0 aliphatic heterocycles. The molecular formula is C18H20N6O4. The van der Waals surface area contributed by atoms with E-state index in [0.717, 1.165) is 11.4 Å². The maximum absolute atomic E-state index is 12.3. The van der Waals surface area contributed by atoms with Gasteiger partial charge in [0.05, 0.1) is 16.7 Å². The summed E-state index contributed by atoms with van der Waals surface area (Å²) in [5, 5.41) is 4.18. The Morgan fingerprint density at radius 3 is 2.54 bits per heavy atom. The van der Waals surface area contributed by atoms with Crippen LogP contribution >= 0.6 is 0 Å². The minimum atomic E-state index is -0.759. The number of rotatable bonds is 4. The monoisotopic (exact) mass is 384 g/mol. The zero-order valence-electron chi connectivity index (χ0n) is 15.7. The second-order valence-corrected chi connectivity index (χ2v) is 6.32. The van der Waals surface area contributed by atoms with Crippen LogP contribution in [-0.2, 0) is 17.9 Å². The number of nitrogens with zero attached hydrogens (tertiary/aromatic N) is 3. The van der Waals surface area contributed by atoms with E-state index in [1.54, 1.807) is 13.0 Å². The number of aromatic amines is 1. The Labute approximate surface area is 159 Å². The van der Waals surface area contributed by atoms with Crippen molar-refractivity contribution < 1.29 is 9.59 Å². The van der Waals surface area contributed by atoms with Crippen molar-refractivity contribution in [3.8, 4) is 0 Å². The second kappa shape index (κ2) is 7.51. The van der Waals surface area contributed by atoms with Gasteiger partial charge in [0.25, 0.3) is 11.8 Å². The van der Waals surface area contributed by atoms with Crippen molar-refractivity contribution in [3.05, 3.63) is 61.9 Å². The number of hydrogen-bond acceptors (Lipinski definition) is 5. The van der Waals surface area contributed by atoms with Crippen molar-refractivity contribution in [1.29, 1.82) is 0 Å². The lowest BCUT2D eigenvalue weighted by Crippen LogP contribution is -2.43. The van der Waals surface area contributed by atoms with Gasteiger partial charge in [0.1, 0.15) is 6.54 Å². The van der Waals surface area contributed by atoms with Crippen LogP contribution in [-0.4, -0.2) is 31.1 Å². The first kappa shape index (κ1) is 19.1. The number of benzene rings is 1. The maximum Gasteiger partial charge on any atom is 0.316 e. The molecule has 0 radical (unpaired) electrons. The van der Waals surface area contributed by atoms with Crippen LogP contribution in [0.5, 0.6) is 0 Å². The first-order valence-corrected chi connectivity index (χ1v) is 8.67. The molecule has 0 spiro atoms. The van der Waals surface area contributed by atoms with Gasteiger partial charge in [-0.3, -0.25) is 34.7 Å². The topological polar surface area (TPSA) is 131 Å². The average molecular weight is 384 g/mol. The molecule has 2 amide bonds. The standard InChI is InChI=1S/C18H20N6O4/c1-4-23-14-6-5-12(8-13(14)19-17(27)18(23)28)16(26)21-20-15(25)9-24-11(3)7-10(2)22-24/h5-8H,4,9H2,1-3H3,(H,19,27)(H,20,25)(H,21,26). The highest BCUT2D eigenvalue weighted by molar-refractivity contribution is 5.98. The van der Waals surface area contributed by atoms with Gasteiger partial charge in [-0.15, -0.1) is 0 Å². The normalized spacial score (nSPS) is 10.8. The largest absolute Gasteiger partial charge is 0.316 e. The Balaban J connectivity index is 1.74. The van der Waals surface area contributed by atoms with Crippen LogP contribution in [0.15, 0.2) is 33.9 Å². The van der Waals surface area contributed by atoms with E-state index in [1.165, 1.54) is 21.4 Å². The van der Waals surface area contributed by atoms with Crippen LogP contribution in [0, 0.1) is 13.8 Å². The molecule has 0 saturated carbocycles. The molecule has 2 aromatic heterocycles. The number of hydrogen-bond donors (Lipinski definition) is 3. The fraction of sp³-hybridized carbons (Fsp3) is 0.278. The minimum Gasteiger partial charge on any atom is -0.316 e. The van der Waals surface area contributed by atoms with E-state index in [4.69, 9.17) is 0 Å². The highest BCUT2D eigenvalue weighted by Crippen LogP contribution is 2.11. The van der Waals surface area contributed by atoms with Gasteiger partial charge in [-0.05, 0) is 45.0 Å². The number of fused-ring (bicyclic) bond motifs is 1. The maximum atomic E-state index is 12.3. The summed E-state index contributed by atoms with van der Waals surface area (Å²) in [6.45, 7) is 5.70. The van der Waals surface area contributed by atoms with E-state index in [0.29, 0.717) is 17.6 Å². The van der Waals surface area contributed by atoms with E-state index in [2.05, 4.69) is 20.9 Å². The molecule has 0 unspecified atom stereocenters. The van der Waals surface area contributed by atoms with Crippen LogP contribution < -0.4 is 22.0 Å². The Hall–Kier alpha value is -3.69. The summed E-state index contributed by atoms with van der Waals surface area (Å²) >= 11 is 0. The summed E-state index contributed by atoms with van der Waals surface area (Å²) < 4.78 is 2.85. The Morgan fingerprint density at radius 2 is 1.89 bits per heavy atom. The van der Waals surface area contributed by atoms with Gasteiger partial charge in [-0.25, -0.2) is 0 Å². The van der Waals surface area contributed by atoms with Gasteiger partial charge in [-0.2, -0.15) is 5.10 Å². The summed E-state index contributed by atoms with van der Waals surface area (Å²) in [6.07, 6.45) is 0. The number of amides is 2. The van der Waals surface area contributed by atoms with Gasteiger partial charge in [-0.1, -0.05) is 0 Å². The summed E-state index contributed by atoms with van der Waals surface area (Å²) in [6, 6.07) is 6.37. The van der Waals surface area contributed by atoms with Crippen molar-refractivity contribution in [2.45, 2.75) is 33.9 Å². The fourth-order valence-corrected chi connectivity index (χ4v) is 2.94. The van der Waals surface area contributed by atoms with Crippen molar-refractivity contribution in [2.75, 3.05) is 0 Å². The molecule has 10 nitrogen and oxygen atoms in total. The first-order chi connectivity index (χ1) is 13.3. The van der Waals surface area contributed by atoms with E-state index in [1.807, 2.05) is 19.9 Å². The van der Waals surface area contributed by atoms with Gasteiger partial charge < -0.3 is 9.55 Å². The Bertz CT molecular complexity index is 1190. The van der Waals surface area contributed by atoms with E-state index in [9.17, 15) is 19.2 Å². The molecule has 3 rings (SSSR count). The zero-order valence-corrected chi connectivity index (χ0v) is 15.7. The Morgan fingerprint density at radius 1 is 1.14 bits per heavy atom. The summed E-state index contributed by atoms with van der Waals surface area (Å²) in [5.41, 5.74) is 5.96. The zero-order chi connectivity index (χ0) is 20.4. The SMILES string of the molecule is CCn1c(=O)c(=O)[nH]c2cc(C(=O)NNC(=O)Cn3nc(C)cc3C)ccc21. The third-order valence-electron chi connectivity index (χ3n) is 4.27. The van der Waals surface area contributed by atoms with E-state index in [-0.39, 0.29) is 12.1 Å². The lowest BCUT2D eigenvalue weighted by atomic mass is 10.2. The highest BCUT2D eigenvalue weighted by Gasteiger charge is 2.12. The molecule has 0 aliphatic carbocycles. The molecular weight excluding hydrogens is 364 g/mol. The quantitative estimate of drug-likeness (QED) is 0.430. The van der Waals surface area contributed by atoms with E-state index < -0.39 is 22.9 Å². The lowest BCUT2D eigenvalue weighted by Gasteiger charge is -2.10. The smallest absolute Gasteiger partial charge is 0.316 e. The molecule has 0 aliphatic rings. The summed E-state index contributed by atoms with van der Waals surface area (Å²) in [4.78, 5) is 50.4. The van der Waals surface area contributed by atoms with Crippen LogP contribution in [0.3, 0.4) is 0 Å². The molecule has 0 bridgehead atoms. The molecule has 3 N–H and O–H groups in total. The molecule has 10 heteroatoms. The van der Waals surface area contributed by atoms with Gasteiger partial charge in [0.15, 0.2) is 0 Å². The Kier molecular flexibility index (Phi) is 5.12.